The number of halogens is 1. The van der Waals surface area contributed by atoms with Crippen LogP contribution in [0.25, 0.3) is 11.0 Å². The first-order valence-corrected chi connectivity index (χ1v) is 6.71. The highest BCUT2D eigenvalue weighted by molar-refractivity contribution is 5.78. The molecule has 0 fully saturated rings. The fourth-order valence-corrected chi connectivity index (χ4v) is 2.31. The van der Waals surface area contributed by atoms with Gasteiger partial charge in [-0.3, -0.25) is 0 Å². The van der Waals surface area contributed by atoms with Gasteiger partial charge in [-0.25, -0.2) is 4.39 Å². The minimum Gasteiger partial charge on any atom is -0.459 e. The number of aryl methyl sites for hydroxylation is 1. The normalized spacial score (nSPS) is 12.8. The maximum Gasteiger partial charge on any atom is 0.134 e. The van der Waals surface area contributed by atoms with E-state index >= 15 is 0 Å². The average molecular weight is 269 g/mol. The summed E-state index contributed by atoms with van der Waals surface area (Å²) in [6.45, 7) is 2.11. The summed E-state index contributed by atoms with van der Waals surface area (Å²) < 4.78 is 18.9. The second kappa shape index (κ2) is 5.10. The number of rotatable bonds is 3. The van der Waals surface area contributed by atoms with Gasteiger partial charge in [-0.1, -0.05) is 31.2 Å². The summed E-state index contributed by atoms with van der Waals surface area (Å²) in [5.41, 5.74) is 9.14. The van der Waals surface area contributed by atoms with E-state index < -0.39 is 0 Å². The molecule has 2 N–H and O–H groups in total. The zero-order valence-corrected chi connectivity index (χ0v) is 11.3. The second-order valence-electron chi connectivity index (χ2n) is 4.90. The molecule has 0 spiro atoms. The number of furan rings is 1. The highest BCUT2D eigenvalue weighted by Gasteiger charge is 2.14. The molecule has 0 radical (unpaired) electrons. The molecule has 0 bridgehead atoms. The van der Waals surface area contributed by atoms with Gasteiger partial charge >= 0.3 is 0 Å². The number of hydrogen-bond donors (Lipinski definition) is 1. The van der Waals surface area contributed by atoms with Crippen LogP contribution in [0.15, 0.2) is 52.9 Å². The molecule has 1 heterocycles. The Balaban J connectivity index is 1.96. The lowest BCUT2D eigenvalue weighted by atomic mass is 10.0. The van der Waals surface area contributed by atoms with Crippen molar-refractivity contribution >= 4 is 11.0 Å². The van der Waals surface area contributed by atoms with Crippen molar-refractivity contribution in [2.24, 2.45) is 5.73 Å². The zero-order valence-electron chi connectivity index (χ0n) is 11.3. The summed E-state index contributed by atoms with van der Waals surface area (Å²) in [6, 6.07) is 14.1. The molecular formula is C17H16FNO. The van der Waals surface area contributed by atoms with Gasteiger partial charge in [-0.05, 0) is 41.8 Å². The Labute approximate surface area is 117 Å². The van der Waals surface area contributed by atoms with Crippen molar-refractivity contribution in [2.45, 2.75) is 19.4 Å². The van der Waals surface area contributed by atoms with E-state index in [9.17, 15) is 4.39 Å². The molecule has 3 heteroatoms. The van der Waals surface area contributed by atoms with Gasteiger partial charge < -0.3 is 10.2 Å². The monoisotopic (exact) mass is 269 g/mol. The van der Waals surface area contributed by atoms with E-state index in [1.807, 2.05) is 12.1 Å². The predicted octanol–water partition coefficient (Wildman–Crippen LogP) is 4.18. The first kappa shape index (κ1) is 12.9. The van der Waals surface area contributed by atoms with Crippen molar-refractivity contribution in [3.05, 3.63) is 71.2 Å². The number of fused-ring (bicyclic) bond motifs is 1. The Morgan fingerprint density at radius 2 is 1.85 bits per heavy atom. The highest BCUT2D eigenvalue weighted by atomic mass is 19.1. The molecule has 0 saturated heterocycles. The molecule has 20 heavy (non-hydrogen) atoms. The molecular weight excluding hydrogens is 253 g/mol. The maximum atomic E-state index is 13.2. The van der Waals surface area contributed by atoms with Gasteiger partial charge in [0, 0.05) is 5.39 Å². The number of nitrogens with two attached hydrogens (primary N) is 1. The van der Waals surface area contributed by atoms with E-state index in [2.05, 4.69) is 19.1 Å². The van der Waals surface area contributed by atoms with Crippen molar-refractivity contribution < 1.29 is 8.81 Å². The molecule has 0 aliphatic heterocycles. The molecule has 1 aromatic heterocycles. The summed E-state index contributed by atoms with van der Waals surface area (Å²) in [7, 11) is 0. The lowest BCUT2D eigenvalue weighted by Crippen LogP contribution is -2.10. The van der Waals surface area contributed by atoms with Crippen LogP contribution in [-0.2, 0) is 6.42 Å². The second-order valence-corrected chi connectivity index (χ2v) is 4.90. The van der Waals surface area contributed by atoms with Gasteiger partial charge in [0.05, 0.1) is 6.04 Å². The van der Waals surface area contributed by atoms with Crippen LogP contribution in [0.1, 0.15) is 29.9 Å². The average Bonchev–Trinajstić information content (AvgIpc) is 2.89. The van der Waals surface area contributed by atoms with Crippen LogP contribution in [0.2, 0.25) is 0 Å². The molecule has 1 atom stereocenters. The third-order valence-corrected chi connectivity index (χ3v) is 3.55. The lowest BCUT2D eigenvalue weighted by Gasteiger charge is -2.09. The van der Waals surface area contributed by atoms with E-state index in [0.29, 0.717) is 11.3 Å². The van der Waals surface area contributed by atoms with E-state index in [-0.39, 0.29) is 11.9 Å². The van der Waals surface area contributed by atoms with Gasteiger partial charge in [-0.15, -0.1) is 0 Å². The van der Waals surface area contributed by atoms with Crippen LogP contribution < -0.4 is 5.73 Å². The van der Waals surface area contributed by atoms with Crippen molar-refractivity contribution in [1.29, 1.82) is 0 Å². The van der Waals surface area contributed by atoms with Crippen LogP contribution >= 0.6 is 0 Å². The molecule has 1 unspecified atom stereocenters. The summed E-state index contributed by atoms with van der Waals surface area (Å²) in [5.74, 6) is 0.376. The molecule has 0 aliphatic rings. The van der Waals surface area contributed by atoms with E-state index in [0.717, 1.165) is 17.4 Å². The molecule has 2 aromatic carbocycles. The summed E-state index contributed by atoms with van der Waals surface area (Å²) >= 11 is 0. The Kier molecular flexibility index (Phi) is 3.28. The van der Waals surface area contributed by atoms with Crippen molar-refractivity contribution in [3.63, 3.8) is 0 Å². The third-order valence-electron chi connectivity index (χ3n) is 3.55. The first-order valence-electron chi connectivity index (χ1n) is 6.71. The standard InChI is InChI=1S/C17H16FNO/c1-2-11-3-5-12(6-4-11)17(19)16-10-13-9-14(18)7-8-15(13)20-16/h3-10,17H,2,19H2,1H3. The molecule has 0 amide bonds. The number of benzene rings is 2. The van der Waals surface area contributed by atoms with Gasteiger partial charge in [0.15, 0.2) is 0 Å². The Hall–Kier alpha value is -2.13. The number of hydrogen-bond acceptors (Lipinski definition) is 2. The minimum atomic E-state index is -0.337. The Bertz CT molecular complexity index is 730. The molecule has 0 aliphatic carbocycles. The topological polar surface area (TPSA) is 39.2 Å². The third kappa shape index (κ3) is 2.32. The van der Waals surface area contributed by atoms with Gasteiger partial charge in [0.2, 0.25) is 0 Å². The van der Waals surface area contributed by atoms with Crippen LogP contribution in [0, 0.1) is 5.82 Å². The van der Waals surface area contributed by atoms with Crippen LogP contribution in [-0.4, -0.2) is 0 Å². The van der Waals surface area contributed by atoms with E-state index in [1.54, 1.807) is 12.1 Å². The van der Waals surface area contributed by atoms with Crippen molar-refractivity contribution in [3.8, 4) is 0 Å². The van der Waals surface area contributed by atoms with Crippen LogP contribution in [0.3, 0.4) is 0 Å². The predicted molar refractivity (Wildman–Crippen MR) is 78.0 cm³/mol. The van der Waals surface area contributed by atoms with E-state index in [1.165, 1.54) is 17.7 Å². The Morgan fingerprint density at radius 1 is 1.10 bits per heavy atom. The highest BCUT2D eigenvalue weighted by Crippen LogP contribution is 2.27. The fourth-order valence-electron chi connectivity index (χ4n) is 2.31. The molecule has 102 valence electrons. The zero-order chi connectivity index (χ0) is 14.1. The quantitative estimate of drug-likeness (QED) is 0.774. The maximum absolute atomic E-state index is 13.2. The van der Waals surface area contributed by atoms with Crippen molar-refractivity contribution in [1.82, 2.24) is 0 Å². The van der Waals surface area contributed by atoms with Crippen LogP contribution in [0.5, 0.6) is 0 Å². The molecule has 3 aromatic rings. The summed E-state index contributed by atoms with van der Waals surface area (Å²) in [6.07, 6.45) is 0.999. The van der Waals surface area contributed by atoms with Crippen molar-refractivity contribution in [2.75, 3.05) is 0 Å². The van der Waals surface area contributed by atoms with Gasteiger partial charge in [0.25, 0.3) is 0 Å². The largest absolute Gasteiger partial charge is 0.459 e. The summed E-state index contributed by atoms with van der Waals surface area (Å²) in [5, 5.41) is 0.737. The molecule has 3 rings (SSSR count). The SMILES string of the molecule is CCc1ccc(C(N)c2cc3cc(F)ccc3o2)cc1. The Morgan fingerprint density at radius 3 is 2.55 bits per heavy atom. The minimum absolute atomic E-state index is 0.272. The lowest BCUT2D eigenvalue weighted by molar-refractivity contribution is 0.524. The fraction of sp³-hybridized carbons (Fsp3) is 0.176. The molecule has 0 saturated carbocycles. The van der Waals surface area contributed by atoms with Gasteiger partial charge in [-0.2, -0.15) is 0 Å². The van der Waals surface area contributed by atoms with E-state index in [4.69, 9.17) is 10.2 Å². The van der Waals surface area contributed by atoms with Crippen LogP contribution in [0.4, 0.5) is 4.39 Å². The molecule has 2 nitrogen and oxygen atoms in total. The first-order chi connectivity index (χ1) is 9.67. The van der Waals surface area contributed by atoms with Gasteiger partial charge in [0.1, 0.15) is 17.2 Å². The smallest absolute Gasteiger partial charge is 0.134 e. The summed E-state index contributed by atoms with van der Waals surface area (Å²) in [4.78, 5) is 0.